The van der Waals surface area contributed by atoms with Gasteiger partial charge < -0.3 is 5.32 Å². The maximum Gasteiger partial charge on any atom is 0.506 e. The summed E-state index contributed by atoms with van der Waals surface area (Å²) in [5, 5.41) is 2.31. The van der Waals surface area contributed by atoms with Crippen LogP contribution in [0.25, 0.3) is 0 Å². The first-order valence-corrected chi connectivity index (χ1v) is 12.1. The van der Waals surface area contributed by atoms with Crippen LogP contribution in [-0.4, -0.2) is 39.9 Å². The number of nitrogens with zero attached hydrogens (tertiary/aromatic N) is 2. The van der Waals surface area contributed by atoms with Gasteiger partial charge in [0, 0.05) is 17.0 Å². The maximum absolute atomic E-state index is 13.7. The van der Waals surface area contributed by atoms with Gasteiger partial charge in [-0.05, 0) is 41.8 Å². The Morgan fingerprint density at radius 2 is 1.65 bits per heavy atom. The molecule has 2 heterocycles. The van der Waals surface area contributed by atoms with Crippen LogP contribution in [0.5, 0.6) is 0 Å². The normalized spacial score (nSPS) is 17.0. The minimum absolute atomic E-state index is 0.163. The molecule has 170 valence electrons. The molecule has 1 unspecified atom stereocenters. The molecule has 1 atom stereocenters. The van der Waals surface area contributed by atoms with E-state index in [1.165, 1.54) is 21.2 Å². The average Bonchev–Trinajstić information content (AvgIpc) is 3.26. The van der Waals surface area contributed by atoms with Crippen molar-refractivity contribution in [1.29, 1.82) is 0 Å². The first-order valence-electron chi connectivity index (χ1n) is 11.2. The van der Waals surface area contributed by atoms with Crippen LogP contribution < -0.4 is 10.2 Å². The van der Waals surface area contributed by atoms with Gasteiger partial charge in [-0.2, -0.15) is 9.37 Å². The van der Waals surface area contributed by atoms with Crippen molar-refractivity contribution in [3.8, 4) is 0 Å². The highest BCUT2D eigenvalue weighted by Gasteiger charge is 2.53. The number of carbonyl (C=O) groups is 3. The summed E-state index contributed by atoms with van der Waals surface area (Å²) in [6.07, 6.45) is 0.863. The van der Waals surface area contributed by atoms with Crippen molar-refractivity contribution in [3.63, 3.8) is 0 Å². The van der Waals surface area contributed by atoms with E-state index in [1.54, 1.807) is 12.1 Å². The number of urea groups is 1. The van der Waals surface area contributed by atoms with E-state index in [1.807, 2.05) is 66.7 Å². The summed E-state index contributed by atoms with van der Waals surface area (Å²) in [6.45, 7) is 2.26. The van der Waals surface area contributed by atoms with Crippen molar-refractivity contribution in [2.45, 2.75) is 30.0 Å². The maximum atomic E-state index is 13.7. The number of nitrogens with one attached hydrogen (secondary N) is 1. The van der Waals surface area contributed by atoms with Gasteiger partial charge in [-0.1, -0.05) is 61.5 Å². The molecule has 3 aromatic carbocycles. The molecule has 0 fully saturated rings. The SMILES string of the molecule is CCc1ccc(N2C(=O)C3Sc4ccccc4C3=[N+](CC(=O)NCc3ccccc3)C2=O)cc1. The number of anilines is 1. The van der Waals surface area contributed by atoms with Crippen LogP contribution in [0.15, 0.2) is 83.8 Å². The number of hydrogen-bond donors (Lipinski definition) is 1. The van der Waals surface area contributed by atoms with Gasteiger partial charge in [0.2, 0.25) is 0 Å². The average molecular weight is 471 g/mol. The van der Waals surface area contributed by atoms with Gasteiger partial charge in [-0.3, -0.25) is 4.79 Å². The fourth-order valence-corrected chi connectivity index (χ4v) is 5.54. The Morgan fingerprint density at radius 3 is 2.38 bits per heavy atom. The van der Waals surface area contributed by atoms with Crippen molar-refractivity contribution in [2.24, 2.45) is 0 Å². The number of rotatable bonds is 6. The molecule has 4 amide bonds. The van der Waals surface area contributed by atoms with E-state index >= 15 is 0 Å². The monoisotopic (exact) mass is 470 g/mol. The summed E-state index contributed by atoms with van der Waals surface area (Å²) in [7, 11) is 0. The molecule has 0 radical (unpaired) electrons. The van der Waals surface area contributed by atoms with Crippen LogP contribution in [0, 0.1) is 0 Å². The van der Waals surface area contributed by atoms with Gasteiger partial charge in [0.25, 0.3) is 5.91 Å². The summed E-state index contributed by atoms with van der Waals surface area (Å²) in [4.78, 5) is 42.2. The van der Waals surface area contributed by atoms with E-state index < -0.39 is 11.3 Å². The number of imide groups is 1. The Kier molecular flexibility index (Phi) is 6.02. The molecule has 0 aromatic heterocycles. The third-order valence-electron chi connectivity index (χ3n) is 6.05. The highest BCUT2D eigenvalue weighted by atomic mass is 32.2. The summed E-state index contributed by atoms with van der Waals surface area (Å²) in [5.74, 6) is -0.570. The van der Waals surface area contributed by atoms with Gasteiger partial charge >= 0.3 is 11.9 Å². The Balaban J connectivity index is 1.50. The van der Waals surface area contributed by atoms with Gasteiger partial charge in [0.15, 0.2) is 11.8 Å². The molecule has 3 aromatic rings. The summed E-state index contributed by atoms with van der Waals surface area (Å²) < 4.78 is 1.46. The van der Waals surface area contributed by atoms with Gasteiger partial charge in [-0.25, -0.2) is 4.79 Å². The lowest BCUT2D eigenvalue weighted by Crippen LogP contribution is -2.57. The third-order valence-corrected chi connectivity index (χ3v) is 7.32. The van der Waals surface area contributed by atoms with E-state index in [0.29, 0.717) is 17.9 Å². The number of amides is 4. The van der Waals surface area contributed by atoms with Crippen LogP contribution in [0.1, 0.15) is 23.6 Å². The fourth-order valence-electron chi connectivity index (χ4n) is 4.26. The Bertz CT molecular complexity index is 1300. The van der Waals surface area contributed by atoms with Crippen molar-refractivity contribution in [1.82, 2.24) is 5.32 Å². The zero-order valence-electron chi connectivity index (χ0n) is 18.7. The number of aryl methyl sites for hydroxylation is 1. The largest absolute Gasteiger partial charge is 0.506 e. The molecule has 1 N–H and O–H groups in total. The Labute approximate surface area is 202 Å². The van der Waals surface area contributed by atoms with E-state index in [2.05, 4.69) is 12.2 Å². The number of benzene rings is 3. The predicted octanol–water partition coefficient (Wildman–Crippen LogP) is 4.01. The second-order valence-corrected chi connectivity index (χ2v) is 9.35. The number of fused-ring (bicyclic) bond motifs is 3. The van der Waals surface area contributed by atoms with Crippen LogP contribution in [0.2, 0.25) is 0 Å². The Hall–Kier alpha value is -3.71. The van der Waals surface area contributed by atoms with Gasteiger partial charge in [-0.15, -0.1) is 16.7 Å². The first-order chi connectivity index (χ1) is 16.6. The van der Waals surface area contributed by atoms with Crippen molar-refractivity contribution in [2.75, 3.05) is 11.4 Å². The third kappa shape index (κ3) is 4.03. The standard InChI is InChI=1S/C27H23N3O3S/c1-2-18-12-14-20(15-13-18)30-26(32)25-24(21-10-6-7-11-22(21)34-25)29(27(30)33)17-23(31)28-16-19-8-4-3-5-9-19/h3-15,25H,2,16-17H2,1H3/p+1. The van der Waals surface area contributed by atoms with E-state index in [9.17, 15) is 14.4 Å². The van der Waals surface area contributed by atoms with Gasteiger partial charge in [0.1, 0.15) is 11.4 Å². The topological polar surface area (TPSA) is 69.5 Å². The van der Waals surface area contributed by atoms with Crippen molar-refractivity contribution >= 4 is 41.0 Å². The molecular formula is C27H24N3O3S+. The molecule has 7 heteroatoms. The summed E-state index contributed by atoms with van der Waals surface area (Å²) in [6, 6.07) is 24.2. The molecule has 0 saturated heterocycles. The molecule has 0 bridgehead atoms. The van der Waals surface area contributed by atoms with Crippen LogP contribution in [0.3, 0.4) is 0 Å². The van der Waals surface area contributed by atoms with E-state index in [-0.39, 0.29) is 18.4 Å². The minimum atomic E-state index is -0.581. The van der Waals surface area contributed by atoms with E-state index in [4.69, 9.17) is 0 Å². The summed E-state index contributed by atoms with van der Waals surface area (Å²) >= 11 is 1.42. The molecule has 6 nitrogen and oxygen atoms in total. The molecule has 2 aliphatic heterocycles. The van der Waals surface area contributed by atoms with Gasteiger partial charge in [0.05, 0.1) is 0 Å². The smallest absolute Gasteiger partial charge is 0.349 e. The number of thioether (sulfide) groups is 1. The molecule has 5 rings (SSSR count). The molecule has 2 aliphatic rings. The summed E-state index contributed by atoms with van der Waals surface area (Å²) in [5.41, 5.74) is 4.02. The zero-order chi connectivity index (χ0) is 23.7. The number of carbonyl (C=O) groups excluding carboxylic acids is 3. The number of hydrogen-bond acceptors (Lipinski definition) is 4. The molecular weight excluding hydrogens is 446 g/mol. The van der Waals surface area contributed by atoms with Crippen molar-refractivity contribution in [3.05, 3.63) is 95.6 Å². The second-order valence-electron chi connectivity index (χ2n) is 8.20. The fraction of sp³-hybridized carbons (Fsp3) is 0.185. The van der Waals surface area contributed by atoms with Crippen LogP contribution in [0.4, 0.5) is 10.5 Å². The molecule has 34 heavy (non-hydrogen) atoms. The zero-order valence-corrected chi connectivity index (χ0v) is 19.5. The van der Waals surface area contributed by atoms with Crippen molar-refractivity contribution < 1.29 is 19.0 Å². The molecule has 0 saturated carbocycles. The quantitative estimate of drug-likeness (QED) is 0.553. The van der Waals surface area contributed by atoms with Crippen LogP contribution >= 0.6 is 11.8 Å². The lowest BCUT2D eigenvalue weighted by atomic mass is 10.0. The highest BCUT2D eigenvalue weighted by molar-refractivity contribution is 8.02. The second kappa shape index (κ2) is 9.27. The Morgan fingerprint density at radius 1 is 0.941 bits per heavy atom. The predicted molar refractivity (Wildman–Crippen MR) is 132 cm³/mol. The van der Waals surface area contributed by atoms with E-state index in [0.717, 1.165) is 28.0 Å². The highest BCUT2D eigenvalue weighted by Crippen LogP contribution is 2.40. The molecule has 0 aliphatic carbocycles. The minimum Gasteiger partial charge on any atom is -0.349 e. The lowest BCUT2D eigenvalue weighted by Gasteiger charge is -2.24. The molecule has 0 spiro atoms. The van der Waals surface area contributed by atoms with Crippen LogP contribution in [-0.2, 0) is 22.6 Å². The lowest BCUT2D eigenvalue weighted by molar-refractivity contribution is -0.415. The first kappa shape index (κ1) is 22.1.